The lowest BCUT2D eigenvalue weighted by atomic mass is 10.6. The summed E-state index contributed by atoms with van der Waals surface area (Å²) in [5.74, 6) is 0. The van der Waals surface area contributed by atoms with Gasteiger partial charge in [0.2, 0.25) is 0 Å². The molecule has 0 aliphatic carbocycles. The van der Waals surface area contributed by atoms with Gasteiger partial charge in [0.1, 0.15) is 11.0 Å². The van der Waals surface area contributed by atoms with Crippen LogP contribution in [0.25, 0.3) is 0 Å². The number of hydrogen-bond acceptors (Lipinski definition) is 2. The normalized spacial score (nSPS) is 10.1. The van der Waals surface area contributed by atoms with Gasteiger partial charge in [-0.1, -0.05) is 11.6 Å². The fraction of sp³-hybridized carbons (Fsp3) is 0.200. The van der Waals surface area contributed by atoms with Crippen molar-refractivity contribution in [3.8, 4) is 0 Å². The molecular weight excluding hydrogens is 255 g/mol. The molecule has 0 saturated carbocycles. The predicted molar refractivity (Wildman–Crippen MR) is 47.1 cm³/mol. The monoisotopic (exact) mass is 256 g/mol. The summed E-state index contributed by atoms with van der Waals surface area (Å²) in [7, 11) is 0. The standard InChI is InChI=1S/C5H3BrCl2N2O/c6-3-1-9-10(2-7)5(11)4(3)8/h1H,2H2. The van der Waals surface area contributed by atoms with E-state index in [2.05, 4.69) is 21.0 Å². The van der Waals surface area contributed by atoms with E-state index in [0.29, 0.717) is 4.47 Å². The van der Waals surface area contributed by atoms with E-state index in [9.17, 15) is 4.79 Å². The zero-order valence-corrected chi connectivity index (χ0v) is 8.32. The summed E-state index contributed by atoms with van der Waals surface area (Å²) in [6.45, 7) is 0. The number of hydrogen-bond donors (Lipinski definition) is 0. The lowest BCUT2D eigenvalue weighted by Crippen LogP contribution is -2.21. The minimum atomic E-state index is -0.393. The van der Waals surface area contributed by atoms with E-state index in [-0.39, 0.29) is 11.0 Å². The SMILES string of the molecule is O=c1c(Cl)c(Br)cnn1CCl. The molecule has 0 aliphatic heterocycles. The van der Waals surface area contributed by atoms with E-state index in [1.54, 1.807) is 0 Å². The largest absolute Gasteiger partial charge is 0.287 e. The van der Waals surface area contributed by atoms with E-state index in [1.807, 2.05) is 0 Å². The van der Waals surface area contributed by atoms with Crippen molar-refractivity contribution in [2.45, 2.75) is 6.00 Å². The van der Waals surface area contributed by atoms with Crippen molar-refractivity contribution < 1.29 is 0 Å². The Balaban J connectivity index is 3.37. The van der Waals surface area contributed by atoms with Gasteiger partial charge in [0.05, 0.1) is 10.7 Å². The number of rotatable bonds is 1. The zero-order valence-electron chi connectivity index (χ0n) is 5.22. The minimum Gasteiger partial charge on any atom is -0.266 e. The fourth-order valence-corrected chi connectivity index (χ4v) is 1.11. The average Bonchev–Trinajstić information content (AvgIpc) is 2.01. The summed E-state index contributed by atoms with van der Waals surface area (Å²) in [6, 6.07) is 0.00579. The van der Waals surface area contributed by atoms with Crippen molar-refractivity contribution in [3.63, 3.8) is 0 Å². The van der Waals surface area contributed by atoms with E-state index in [4.69, 9.17) is 23.2 Å². The van der Waals surface area contributed by atoms with E-state index in [1.165, 1.54) is 6.20 Å². The van der Waals surface area contributed by atoms with Crippen molar-refractivity contribution in [2.24, 2.45) is 0 Å². The van der Waals surface area contributed by atoms with Crippen LogP contribution < -0.4 is 5.56 Å². The summed E-state index contributed by atoms with van der Waals surface area (Å²) in [5, 5.41) is 3.80. The number of halogens is 3. The molecule has 0 aliphatic rings. The van der Waals surface area contributed by atoms with Gasteiger partial charge < -0.3 is 0 Å². The number of aromatic nitrogens is 2. The topological polar surface area (TPSA) is 34.9 Å². The highest BCUT2D eigenvalue weighted by molar-refractivity contribution is 9.10. The average molecular weight is 258 g/mol. The van der Waals surface area contributed by atoms with Crippen LogP contribution in [0.2, 0.25) is 5.02 Å². The number of alkyl halides is 1. The third kappa shape index (κ3) is 1.75. The van der Waals surface area contributed by atoms with Gasteiger partial charge in [-0.2, -0.15) is 5.10 Å². The van der Waals surface area contributed by atoms with Crippen LogP contribution in [0.5, 0.6) is 0 Å². The second-order valence-corrected chi connectivity index (χ2v) is 3.20. The second kappa shape index (κ2) is 3.56. The molecule has 1 rings (SSSR count). The summed E-state index contributed by atoms with van der Waals surface area (Å²) < 4.78 is 1.54. The van der Waals surface area contributed by atoms with Gasteiger partial charge in [0.25, 0.3) is 5.56 Å². The van der Waals surface area contributed by atoms with Crippen LogP contribution >= 0.6 is 39.1 Å². The molecule has 0 amide bonds. The van der Waals surface area contributed by atoms with Gasteiger partial charge in [-0.3, -0.25) is 4.79 Å². The molecule has 0 saturated heterocycles. The third-order valence-electron chi connectivity index (χ3n) is 1.06. The third-order valence-corrected chi connectivity index (χ3v) is 2.48. The maximum atomic E-state index is 11.1. The Kier molecular flexibility index (Phi) is 2.92. The Hall–Kier alpha value is -0.0600. The Morgan fingerprint density at radius 1 is 1.73 bits per heavy atom. The molecule has 60 valence electrons. The summed E-state index contributed by atoms with van der Waals surface area (Å²) in [6.07, 6.45) is 1.42. The summed E-state index contributed by atoms with van der Waals surface area (Å²) in [4.78, 5) is 11.1. The van der Waals surface area contributed by atoms with Crippen molar-refractivity contribution in [1.29, 1.82) is 0 Å². The summed E-state index contributed by atoms with van der Waals surface area (Å²) in [5.41, 5.74) is -0.393. The molecule has 0 atom stereocenters. The predicted octanol–water partition coefficient (Wildman–Crippen LogP) is 1.86. The van der Waals surface area contributed by atoms with Gasteiger partial charge in [-0.05, 0) is 15.9 Å². The molecule has 1 aromatic heterocycles. The lowest BCUT2D eigenvalue weighted by molar-refractivity contribution is 0.685. The Morgan fingerprint density at radius 3 is 2.91 bits per heavy atom. The molecule has 1 heterocycles. The van der Waals surface area contributed by atoms with E-state index in [0.717, 1.165) is 4.68 Å². The molecule has 0 bridgehead atoms. The van der Waals surface area contributed by atoms with Crippen LogP contribution in [0.1, 0.15) is 0 Å². The highest BCUT2D eigenvalue weighted by Gasteiger charge is 2.04. The molecule has 0 radical (unpaired) electrons. The molecule has 0 N–H and O–H groups in total. The van der Waals surface area contributed by atoms with Crippen molar-refractivity contribution >= 4 is 39.1 Å². The van der Waals surface area contributed by atoms with Gasteiger partial charge in [0.15, 0.2) is 0 Å². The molecular formula is C5H3BrCl2N2O. The van der Waals surface area contributed by atoms with Crippen LogP contribution in [0, 0.1) is 0 Å². The molecule has 1 aromatic rings. The molecule has 0 fully saturated rings. The van der Waals surface area contributed by atoms with Crippen molar-refractivity contribution in [1.82, 2.24) is 9.78 Å². The van der Waals surface area contributed by atoms with Crippen LogP contribution in [-0.2, 0) is 6.00 Å². The fourth-order valence-electron chi connectivity index (χ4n) is 0.530. The Labute approximate surface area is 81.0 Å². The molecule has 0 aromatic carbocycles. The van der Waals surface area contributed by atoms with Crippen LogP contribution in [0.3, 0.4) is 0 Å². The van der Waals surface area contributed by atoms with Gasteiger partial charge >= 0.3 is 0 Å². The van der Waals surface area contributed by atoms with E-state index < -0.39 is 5.56 Å². The molecule has 3 nitrogen and oxygen atoms in total. The maximum absolute atomic E-state index is 11.1. The zero-order chi connectivity index (χ0) is 8.43. The van der Waals surface area contributed by atoms with Crippen molar-refractivity contribution in [2.75, 3.05) is 0 Å². The lowest BCUT2D eigenvalue weighted by Gasteiger charge is -1.99. The minimum absolute atomic E-state index is 0.00579. The smallest absolute Gasteiger partial charge is 0.266 e. The first kappa shape index (κ1) is 9.03. The van der Waals surface area contributed by atoms with Crippen LogP contribution in [-0.4, -0.2) is 9.78 Å². The first-order valence-electron chi connectivity index (χ1n) is 2.64. The van der Waals surface area contributed by atoms with Gasteiger partial charge in [0, 0.05) is 0 Å². The van der Waals surface area contributed by atoms with Gasteiger partial charge in [-0.15, -0.1) is 11.6 Å². The first-order chi connectivity index (χ1) is 5.16. The van der Waals surface area contributed by atoms with E-state index >= 15 is 0 Å². The first-order valence-corrected chi connectivity index (χ1v) is 4.34. The second-order valence-electron chi connectivity index (χ2n) is 1.73. The molecule has 0 spiro atoms. The Morgan fingerprint density at radius 2 is 2.36 bits per heavy atom. The maximum Gasteiger partial charge on any atom is 0.287 e. The highest BCUT2D eigenvalue weighted by Crippen LogP contribution is 2.15. The molecule has 6 heteroatoms. The quantitative estimate of drug-likeness (QED) is 0.720. The Bertz CT molecular complexity index is 325. The molecule has 11 heavy (non-hydrogen) atoms. The summed E-state index contributed by atoms with van der Waals surface area (Å²) >= 11 is 14.0. The van der Waals surface area contributed by atoms with Crippen LogP contribution in [0.15, 0.2) is 15.5 Å². The highest BCUT2D eigenvalue weighted by atomic mass is 79.9. The number of nitrogens with zero attached hydrogens (tertiary/aromatic N) is 2. The van der Waals surface area contributed by atoms with Gasteiger partial charge in [-0.25, -0.2) is 4.68 Å². The van der Waals surface area contributed by atoms with Crippen molar-refractivity contribution in [3.05, 3.63) is 26.0 Å². The van der Waals surface area contributed by atoms with Crippen LogP contribution in [0.4, 0.5) is 0 Å². The molecule has 0 unspecified atom stereocenters.